The highest BCUT2D eigenvalue weighted by Crippen LogP contribution is 2.24. The molecule has 1 aliphatic heterocycles. The molecule has 1 N–H and O–H groups in total. The number of likely N-dealkylation sites (tertiary alicyclic amines) is 1. The van der Waals surface area contributed by atoms with Crippen LogP contribution in [0.2, 0.25) is 0 Å². The molecule has 2 aliphatic rings. The van der Waals surface area contributed by atoms with E-state index in [0.29, 0.717) is 6.04 Å². The Bertz CT molecular complexity index is 484. The summed E-state index contributed by atoms with van der Waals surface area (Å²) in [5, 5.41) is 3.42. The molecule has 1 saturated carbocycles. The minimum Gasteiger partial charge on any atom is -0.338 e. The van der Waals surface area contributed by atoms with Gasteiger partial charge in [-0.15, -0.1) is 0 Å². The van der Waals surface area contributed by atoms with Crippen molar-refractivity contribution in [2.45, 2.75) is 50.7 Å². The van der Waals surface area contributed by atoms with Crippen LogP contribution in [0.5, 0.6) is 0 Å². The zero-order valence-corrected chi connectivity index (χ0v) is 11.8. The maximum atomic E-state index is 12.9. The Morgan fingerprint density at radius 3 is 2.65 bits per heavy atom. The van der Waals surface area contributed by atoms with Gasteiger partial charge in [-0.05, 0) is 50.3 Å². The van der Waals surface area contributed by atoms with E-state index in [1.165, 1.54) is 25.0 Å². The first-order valence-corrected chi connectivity index (χ1v) is 7.44. The van der Waals surface area contributed by atoms with Crippen LogP contribution in [-0.2, 0) is 11.2 Å². The van der Waals surface area contributed by atoms with Crippen LogP contribution in [0.4, 0.5) is 4.39 Å². The molecule has 1 saturated heterocycles. The lowest BCUT2D eigenvalue weighted by Gasteiger charge is -2.25. The summed E-state index contributed by atoms with van der Waals surface area (Å²) in [7, 11) is 0. The number of halogens is 1. The molecule has 1 aromatic carbocycles. The molecule has 108 valence electrons. The molecule has 1 amide bonds. The van der Waals surface area contributed by atoms with Crippen molar-refractivity contribution in [2.75, 3.05) is 6.54 Å². The zero-order chi connectivity index (χ0) is 14.1. The van der Waals surface area contributed by atoms with E-state index in [2.05, 4.69) is 12.2 Å². The molecule has 4 heteroatoms. The Hall–Kier alpha value is -1.42. The average Bonchev–Trinajstić information content (AvgIpc) is 3.17. The van der Waals surface area contributed by atoms with E-state index in [1.54, 1.807) is 12.1 Å². The standard InChI is InChI=1S/C16H21FN2O/c1-11(10-12-2-4-13(17)5-3-12)19-9-8-15(16(19)20)18-14-6-7-14/h2-5,11,14-15,18H,6-10H2,1H3. The molecular formula is C16H21FN2O. The number of hydrogen-bond acceptors (Lipinski definition) is 2. The van der Waals surface area contributed by atoms with Gasteiger partial charge in [-0.1, -0.05) is 12.1 Å². The highest BCUT2D eigenvalue weighted by molar-refractivity contribution is 5.84. The fraction of sp³-hybridized carbons (Fsp3) is 0.562. The molecule has 1 aliphatic carbocycles. The Morgan fingerprint density at radius 2 is 2.00 bits per heavy atom. The van der Waals surface area contributed by atoms with Crippen LogP contribution in [0.3, 0.4) is 0 Å². The zero-order valence-electron chi connectivity index (χ0n) is 11.8. The first-order chi connectivity index (χ1) is 9.63. The van der Waals surface area contributed by atoms with E-state index < -0.39 is 0 Å². The smallest absolute Gasteiger partial charge is 0.240 e. The molecule has 0 radical (unpaired) electrons. The lowest BCUT2D eigenvalue weighted by atomic mass is 10.1. The Kier molecular flexibility index (Phi) is 3.74. The number of carbonyl (C=O) groups is 1. The first kappa shape index (κ1) is 13.6. The van der Waals surface area contributed by atoms with Crippen molar-refractivity contribution in [3.05, 3.63) is 35.6 Å². The Balaban J connectivity index is 1.58. The van der Waals surface area contributed by atoms with E-state index in [-0.39, 0.29) is 23.8 Å². The van der Waals surface area contributed by atoms with Gasteiger partial charge in [0.1, 0.15) is 5.82 Å². The molecule has 3 nitrogen and oxygen atoms in total. The van der Waals surface area contributed by atoms with Gasteiger partial charge in [0.2, 0.25) is 5.91 Å². The average molecular weight is 276 g/mol. The van der Waals surface area contributed by atoms with Crippen molar-refractivity contribution >= 4 is 5.91 Å². The third-order valence-corrected chi connectivity index (χ3v) is 4.23. The number of amides is 1. The van der Waals surface area contributed by atoms with Crippen molar-refractivity contribution in [3.63, 3.8) is 0 Å². The van der Waals surface area contributed by atoms with Gasteiger partial charge in [0, 0.05) is 18.6 Å². The molecule has 2 fully saturated rings. The SMILES string of the molecule is CC(Cc1ccc(F)cc1)N1CCC(NC2CC2)C1=O. The van der Waals surface area contributed by atoms with E-state index in [4.69, 9.17) is 0 Å². The molecule has 2 atom stereocenters. The molecule has 1 aromatic rings. The fourth-order valence-corrected chi connectivity index (χ4v) is 2.90. The topological polar surface area (TPSA) is 32.3 Å². The summed E-state index contributed by atoms with van der Waals surface area (Å²) in [5.74, 6) is 0.0128. The maximum absolute atomic E-state index is 12.9. The molecule has 2 unspecified atom stereocenters. The van der Waals surface area contributed by atoms with Crippen LogP contribution < -0.4 is 5.32 Å². The van der Waals surface area contributed by atoms with Gasteiger partial charge >= 0.3 is 0 Å². The molecule has 0 spiro atoms. The van der Waals surface area contributed by atoms with Crippen molar-refractivity contribution in [2.24, 2.45) is 0 Å². The minimum atomic E-state index is -0.215. The third-order valence-electron chi connectivity index (χ3n) is 4.23. The highest BCUT2D eigenvalue weighted by atomic mass is 19.1. The van der Waals surface area contributed by atoms with Crippen LogP contribution in [-0.4, -0.2) is 35.5 Å². The summed E-state index contributed by atoms with van der Waals surface area (Å²) in [6.45, 7) is 2.90. The van der Waals surface area contributed by atoms with E-state index in [0.717, 1.165) is 24.9 Å². The van der Waals surface area contributed by atoms with Crippen molar-refractivity contribution in [1.82, 2.24) is 10.2 Å². The number of rotatable bonds is 5. The number of hydrogen-bond donors (Lipinski definition) is 1. The van der Waals surface area contributed by atoms with Crippen molar-refractivity contribution < 1.29 is 9.18 Å². The normalized spacial score (nSPS) is 24.2. The second-order valence-electron chi connectivity index (χ2n) is 5.99. The second-order valence-corrected chi connectivity index (χ2v) is 5.99. The maximum Gasteiger partial charge on any atom is 0.240 e. The van der Waals surface area contributed by atoms with Crippen LogP contribution in [0.25, 0.3) is 0 Å². The number of nitrogens with one attached hydrogen (secondary N) is 1. The minimum absolute atomic E-state index is 0.0122. The Labute approximate surface area is 119 Å². The lowest BCUT2D eigenvalue weighted by molar-refractivity contribution is -0.131. The van der Waals surface area contributed by atoms with Gasteiger partial charge < -0.3 is 10.2 Å². The van der Waals surface area contributed by atoms with Crippen LogP contribution in [0.1, 0.15) is 31.7 Å². The predicted molar refractivity (Wildman–Crippen MR) is 75.8 cm³/mol. The summed E-state index contributed by atoms with van der Waals surface area (Å²) >= 11 is 0. The van der Waals surface area contributed by atoms with Gasteiger partial charge in [0.25, 0.3) is 0 Å². The summed E-state index contributed by atoms with van der Waals surface area (Å²) in [5.41, 5.74) is 1.07. The number of benzene rings is 1. The molecule has 20 heavy (non-hydrogen) atoms. The summed E-state index contributed by atoms with van der Waals surface area (Å²) < 4.78 is 12.9. The fourth-order valence-electron chi connectivity index (χ4n) is 2.90. The summed E-state index contributed by atoms with van der Waals surface area (Å²) in [6, 6.07) is 7.29. The largest absolute Gasteiger partial charge is 0.338 e. The van der Waals surface area contributed by atoms with Crippen molar-refractivity contribution in [1.29, 1.82) is 0 Å². The monoisotopic (exact) mass is 276 g/mol. The Morgan fingerprint density at radius 1 is 1.30 bits per heavy atom. The quantitative estimate of drug-likeness (QED) is 0.893. The van der Waals surface area contributed by atoms with E-state index in [9.17, 15) is 9.18 Å². The number of nitrogens with zero attached hydrogens (tertiary/aromatic N) is 1. The van der Waals surface area contributed by atoms with Crippen molar-refractivity contribution in [3.8, 4) is 0 Å². The van der Waals surface area contributed by atoms with Crippen LogP contribution in [0.15, 0.2) is 24.3 Å². The highest BCUT2D eigenvalue weighted by Gasteiger charge is 2.37. The summed E-state index contributed by atoms with van der Waals surface area (Å²) in [4.78, 5) is 14.3. The second kappa shape index (κ2) is 5.52. The van der Waals surface area contributed by atoms with Gasteiger partial charge in [-0.3, -0.25) is 4.79 Å². The van der Waals surface area contributed by atoms with Gasteiger partial charge in [0.15, 0.2) is 0 Å². The molecule has 0 aromatic heterocycles. The number of carbonyl (C=O) groups excluding carboxylic acids is 1. The van der Waals surface area contributed by atoms with E-state index >= 15 is 0 Å². The summed E-state index contributed by atoms with van der Waals surface area (Å²) in [6.07, 6.45) is 4.09. The van der Waals surface area contributed by atoms with Crippen LogP contribution in [0, 0.1) is 5.82 Å². The van der Waals surface area contributed by atoms with E-state index in [1.807, 2.05) is 4.90 Å². The lowest BCUT2D eigenvalue weighted by Crippen LogP contribution is -2.43. The molecule has 3 rings (SSSR count). The molecule has 0 bridgehead atoms. The molecule has 1 heterocycles. The van der Waals surface area contributed by atoms with Crippen LogP contribution >= 0.6 is 0 Å². The van der Waals surface area contributed by atoms with Gasteiger partial charge in [-0.2, -0.15) is 0 Å². The van der Waals surface area contributed by atoms with Gasteiger partial charge in [-0.25, -0.2) is 4.39 Å². The predicted octanol–water partition coefficient (Wildman–Crippen LogP) is 2.11. The van der Waals surface area contributed by atoms with Gasteiger partial charge in [0.05, 0.1) is 6.04 Å². The third kappa shape index (κ3) is 3.01. The molecular weight excluding hydrogens is 255 g/mol. The first-order valence-electron chi connectivity index (χ1n) is 7.44.